The van der Waals surface area contributed by atoms with Gasteiger partial charge in [0.15, 0.2) is 0 Å². The highest BCUT2D eigenvalue weighted by atomic mass is 35.5. The van der Waals surface area contributed by atoms with Crippen LogP contribution in [0, 0.1) is 0 Å². The van der Waals surface area contributed by atoms with Gasteiger partial charge in [0.25, 0.3) is 0 Å². The molecule has 1 saturated heterocycles. The lowest BCUT2D eigenvalue weighted by Crippen LogP contribution is -2.23. The molecule has 1 aliphatic rings. The van der Waals surface area contributed by atoms with E-state index in [-0.39, 0.29) is 30.0 Å². The van der Waals surface area contributed by atoms with Crippen molar-refractivity contribution >= 4 is 34.9 Å². The number of aromatic amines is 1. The minimum absolute atomic E-state index is 0. The van der Waals surface area contributed by atoms with E-state index in [1.54, 1.807) is 0 Å². The fourth-order valence-corrected chi connectivity index (χ4v) is 3.41. The summed E-state index contributed by atoms with van der Waals surface area (Å²) >= 11 is 6.05. The number of rotatable bonds is 3. The van der Waals surface area contributed by atoms with Crippen molar-refractivity contribution in [3.05, 3.63) is 65.1 Å². The second kappa shape index (κ2) is 5.82. The number of hydrogen-bond donors (Lipinski definition) is 1. The first-order chi connectivity index (χ1) is 10.6. The van der Waals surface area contributed by atoms with Crippen molar-refractivity contribution in [3.8, 4) is 0 Å². The Hall–Kier alpha value is -1.55. The number of fused-ring (bicyclic) bond motifs is 1. The van der Waals surface area contributed by atoms with Crippen LogP contribution in [0.1, 0.15) is 31.0 Å². The maximum Gasteiger partial charge on any atom is 0.104 e. The molecule has 3 atom stereocenters. The number of pyridine rings is 1. The Bertz CT molecular complexity index is 830. The van der Waals surface area contributed by atoms with E-state index in [1.807, 2.05) is 30.6 Å². The molecule has 1 fully saturated rings. The smallest absolute Gasteiger partial charge is 0.104 e. The molecule has 1 aromatic carbocycles. The summed E-state index contributed by atoms with van der Waals surface area (Å²) in [6.07, 6.45) is 4.03. The van der Waals surface area contributed by atoms with Crippen LogP contribution < -0.4 is 0 Å². The maximum atomic E-state index is 6.05. The summed E-state index contributed by atoms with van der Waals surface area (Å²) in [5, 5.41) is 1.91. The van der Waals surface area contributed by atoms with Gasteiger partial charge in [0.05, 0.1) is 23.2 Å². The second-order valence-electron chi connectivity index (χ2n) is 6.07. The number of benzene rings is 1. The number of nitrogens with zero attached hydrogens (tertiary/aromatic N) is 1. The molecule has 1 aliphatic heterocycles. The highest BCUT2D eigenvalue weighted by molar-refractivity contribution is 6.30. The number of H-pyrrole nitrogens is 1. The fourth-order valence-electron chi connectivity index (χ4n) is 3.29. The quantitative estimate of drug-likeness (QED) is 0.680. The van der Waals surface area contributed by atoms with Gasteiger partial charge in [-0.05, 0) is 43.7 Å². The van der Waals surface area contributed by atoms with Crippen molar-refractivity contribution in [1.29, 1.82) is 0 Å². The molecule has 0 spiro atoms. The molecule has 0 saturated carbocycles. The van der Waals surface area contributed by atoms with Crippen molar-refractivity contribution in [2.75, 3.05) is 0 Å². The SMILES string of the molecule is CC1OC1(C)C(c1ccc(Cl)cc1)c1nccc2cc[nH]c12.Cl. The summed E-state index contributed by atoms with van der Waals surface area (Å²) in [4.78, 5) is 8.00. The van der Waals surface area contributed by atoms with Crippen LogP contribution in [0.2, 0.25) is 5.02 Å². The van der Waals surface area contributed by atoms with Crippen LogP contribution in [0.25, 0.3) is 10.9 Å². The zero-order chi connectivity index (χ0) is 15.3. The molecule has 5 heteroatoms. The van der Waals surface area contributed by atoms with Crippen molar-refractivity contribution in [3.63, 3.8) is 0 Å². The number of ether oxygens (including phenoxy) is 1. The van der Waals surface area contributed by atoms with Gasteiger partial charge in [0.1, 0.15) is 5.60 Å². The van der Waals surface area contributed by atoms with Crippen molar-refractivity contribution in [2.24, 2.45) is 0 Å². The van der Waals surface area contributed by atoms with E-state index < -0.39 is 0 Å². The predicted molar refractivity (Wildman–Crippen MR) is 95.6 cm³/mol. The van der Waals surface area contributed by atoms with Gasteiger partial charge in [-0.1, -0.05) is 23.7 Å². The van der Waals surface area contributed by atoms with Crippen LogP contribution >= 0.6 is 24.0 Å². The number of epoxide rings is 1. The molecular weight excluding hydrogens is 331 g/mol. The average molecular weight is 349 g/mol. The lowest BCUT2D eigenvalue weighted by molar-refractivity contribution is 0.290. The molecule has 0 amide bonds. The zero-order valence-corrected chi connectivity index (χ0v) is 14.5. The summed E-state index contributed by atoms with van der Waals surface area (Å²) in [6, 6.07) is 12.1. The first kappa shape index (κ1) is 16.3. The molecular formula is C18H18Cl2N2O. The number of hydrogen-bond acceptors (Lipinski definition) is 2. The van der Waals surface area contributed by atoms with Crippen molar-refractivity contribution < 1.29 is 4.74 Å². The van der Waals surface area contributed by atoms with E-state index in [2.05, 4.69) is 42.0 Å². The van der Waals surface area contributed by atoms with E-state index >= 15 is 0 Å². The van der Waals surface area contributed by atoms with Gasteiger partial charge < -0.3 is 9.72 Å². The van der Waals surface area contributed by atoms with E-state index in [0.29, 0.717) is 0 Å². The lowest BCUT2D eigenvalue weighted by atomic mass is 9.81. The number of aromatic nitrogens is 2. The summed E-state index contributed by atoms with van der Waals surface area (Å²) in [5.74, 6) is 0.0714. The van der Waals surface area contributed by atoms with Gasteiger partial charge >= 0.3 is 0 Å². The average Bonchev–Trinajstić information content (AvgIpc) is 2.91. The van der Waals surface area contributed by atoms with Gasteiger partial charge in [-0.15, -0.1) is 12.4 Å². The first-order valence-electron chi connectivity index (χ1n) is 7.45. The van der Waals surface area contributed by atoms with Gasteiger partial charge in [0.2, 0.25) is 0 Å². The molecule has 0 bridgehead atoms. The van der Waals surface area contributed by atoms with E-state index in [0.717, 1.165) is 16.2 Å². The van der Waals surface area contributed by atoms with Crippen molar-refractivity contribution in [2.45, 2.75) is 31.5 Å². The van der Waals surface area contributed by atoms with Gasteiger partial charge in [-0.25, -0.2) is 0 Å². The first-order valence-corrected chi connectivity index (χ1v) is 7.82. The highest BCUT2D eigenvalue weighted by Crippen LogP contribution is 2.51. The minimum Gasteiger partial charge on any atom is -0.366 e. The van der Waals surface area contributed by atoms with Crippen LogP contribution in [0.5, 0.6) is 0 Å². The molecule has 3 nitrogen and oxygen atoms in total. The molecule has 0 aliphatic carbocycles. The van der Waals surface area contributed by atoms with Crippen LogP contribution in [-0.4, -0.2) is 21.7 Å². The van der Waals surface area contributed by atoms with Gasteiger partial charge in [-0.3, -0.25) is 4.98 Å². The molecule has 4 rings (SSSR count). The molecule has 3 aromatic rings. The summed E-state index contributed by atoms with van der Waals surface area (Å²) in [6.45, 7) is 4.26. The zero-order valence-electron chi connectivity index (χ0n) is 12.9. The van der Waals surface area contributed by atoms with Gasteiger partial charge in [0, 0.05) is 22.8 Å². The standard InChI is InChI=1S/C18H17ClN2O.ClH/c1-11-18(2,22-11)15(12-3-5-14(19)6-4-12)17-16-13(7-9-20-16)8-10-21-17;/h3-11,15,20H,1-2H3;1H. The Morgan fingerprint density at radius 1 is 1.22 bits per heavy atom. The number of nitrogens with one attached hydrogen (secondary N) is 1. The largest absolute Gasteiger partial charge is 0.366 e. The van der Waals surface area contributed by atoms with Gasteiger partial charge in [-0.2, -0.15) is 0 Å². The molecule has 3 unspecified atom stereocenters. The Labute approximate surface area is 146 Å². The minimum atomic E-state index is -0.236. The Morgan fingerprint density at radius 2 is 1.91 bits per heavy atom. The predicted octanol–water partition coefficient (Wildman–Crippen LogP) is 4.95. The van der Waals surface area contributed by atoms with Crippen LogP contribution in [0.3, 0.4) is 0 Å². The van der Waals surface area contributed by atoms with Crippen molar-refractivity contribution in [1.82, 2.24) is 9.97 Å². The Kier molecular flexibility index (Phi) is 4.13. The number of halogens is 2. The molecule has 3 heterocycles. The van der Waals surface area contributed by atoms with Crippen LogP contribution in [0.15, 0.2) is 48.8 Å². The molecule has 0 radical (unpaired) electrons. The lowest BCUT2D eigenvalue weighted by Gasteiger charge is -2.22. The summed E-state index contributed by atoms with van der Waals surface area (Å²) in [7, 11) is 0. The van der Waals surface area contributed by atoms with Crippen LogP contribution in [0.4, 0.5) is 0 Å². The highest BCUT2D eigenvalue weighted by Gasteiger charge is 2.56. The Morgan fingerprint density at radius 3 is 2.57 bits per heavy atom. The third-order valence-electron chi connectivity index (χ3n) is 4.73. The molecule has 23 heavy (non-hydrogen) atoms. The normalized spacial score (nSPS) is 24.2. The summed E-state index contributed by atoms with van der Waals surface area (Å²) in [5.41, 5.74) is 3.04. The Balaban J connectivity index is 0.00000156. The molecule has 1 N–H and O–H groups in total. The van der Waals surface area contributed by atoms with E-state index in [1.165, 1.54) is 10.9 Å². The van der Waals surface area contributed by atoms with E-state index in [9.17, 15) is 0 Å². The van der Waals surface area contributed by atoms with E-state index in [4.69, 9.17) is 16.3 Å². The molecule has 2 aromatic heterocycles. The molecule has 120 valence electrons. The fraction of sp³-hybridized carbons (Fsp3) is 0.278. The maximum absolute atomic E-state index is 6.05. The summed E-state index contributed by atoms with van der Waals surface area (Å²) < 4.78 is 5.94. The monoisotopic (exact) mass is 348 g/mol. The third-order valence-corrected chi connectivity index (χ3v) is 4.99. The topological polar surface area (TPSA) is 41.2 Å². The second-order valence-corrected chi connectivity index (χ2v) is 6.50. The third kappa shape index (κ3) is 2.63. The van der Waals surface area contributed by atoms with Crippen LogP contribution in [-0.2, 0) is 4.74 Å².